The highest BCUT2D eigenvalue weighted by Crippen LogP contribution is 2.18. The van der Waals surface area contributed by atoms with E-state index in [1.165, 1.54) is 0 Å². The van der Waals surface area contributed by atoms with Gasteiger partial charge >= 0.3 is 17.9 Å². The van der Waals surface area contributed by atoms with Gasteiger partial charge in [-0.2, -0.15) is 0 Å². The number of benzene rings is 3. The molecule has 9 nitrogen and oxygen atoms in total. The maximum absolute atomic E-state index is 13.9. The maximum Gasteiger partial charge on any atom is 0.338 e. The van der Waals surface area contributed by atoms with Crippen molar-refractivity contribution in [2.45, 2.75) is 12.8 Å². The highest BCUT2D eigenvalue weighted by molar-refractivity contribution is 5.97. The van der Waals surface area contributed by atoms with Gasteiger partial charge in [0.05, 0.1) is 38.3 Å². The lowest BCUT2D eigenvalue weighted by Gasteiger charge is -2.08. The van der Waals surface area contributed by atoms with Crippen molar-refractivity contribution in [1.82, 2.24) is 5.32 Å². The summed E-state index contributed by atoms with van der Waals surface area (Å²) in [6, 6.07) is 11.3. The number of ether oxygens (including phenoxy) is 2. The highest BCUT2D eigenvalue weighted by Gasteiger charge is 2.19. The number of carboxylic acids is 1. The van der Waals surface area contributed by atoms with Crippen molar-refractivity contribution >= 4 is 29.6 Å². The van der Waals surface area contributed by atoms with Crippen LogP contribution in [0.25, 0.3) is 0 Å². The minimum absolute atomic E-state index is 0.286. The Morgan fingerprint density at radius 1 is 0.683 bits per heavy atom. The number of carboxylic acid groups (broad SMARTS) is 1. The van der Waals surface area contributed by atoms with Gasteiger partial charge < -0.3 is 19.9 Å². The molecule has 0 bridgehead atoms. The molecule has 0 saturated heterocycles. The zero-order chi connectivity index (χ0) is 30.7. The number of amides is 1. The lowest BCUT2D eigenvalue weighted by atomic mass is 10.0. The number of Topliss-reactive ketones (excluding diaryl/α,β-unsaturated/α-hetero) is 1. The summed E-state index contributed by atoms with van der Waals surface area (Å²) in [6.07, 6.45) is -1.33. The summed E-state index contributed by atoms with van der Waals surface area (Å²) in [6.45, 7) is -0.370. The van der Waals surface area contributed by atoms with E-state index in [2.05, 4.69) is 14.8 Å². The van der Waals surface area contributed by atoms with Gasteiger partial charge in [0.2, 0.25) is 0 Å². The van der Waals surface area contributed by atoms with Crippen LogP contribution in [-0.4, -0.2) is 55.5 Å². The minimum atomic E-state index is -1.36. The Morgan fingerprint density at radius 2 is 1.10 bits per heavy atom. The van der Waals surface area contributed by atoms with Crippen LogP contribution in [0.1, 0.15) is 42.2 Å². The molecule has 3 aromatic rings. The van der Waals surface area contributed by atoms with E-state index >= 15 is 0 Å². The zero-order valence-corrected chi connectivity index (χ0v) is 21.6. The fraction of sp³-hybridized carbons (Fsp3) is 0.179. The number of halogens is 4. The summed E-state index contributed by atoms with van der Waals surface area (Å²) in [4.78, 5) is 56.3. The van der Waals surface area contributed by atoms with Gasteiger partial charge in [0.25, 0.3) is 5.91 Å². The molecule has 0 radical (unpaired) electrons. The number of esters is 2. The van der Waals surface area contributed by atoms with E-state index in [9.17, 15) is 41.5 Å². The quantitative estimate of drug-likeness (QED) is 0.291. The number of ketones is 1. The van der Waals surface area contributed by atoms with Crippen LogP contribution >= 0.6 is 0 Å². The molecule has 13 heteroatoms. The van der Waals surface area contributed by atoms with Crippen molar-refractivity contribution in [3.63, 3.8) is 0 Å². The molecule has 0 spiro atoms. The molecule has 0 saturated carbocycles. The standard InChI is InChI=1S/C18H15F2NO4.C10H8F2O4/c1-25-18(24)12-7-15(19)14(16(20)8-12)9-13(22)10-21-17(23)11-5-3-2-4-6-11;1-16-10(15)5-2-7(11)6(4-9(13)14)8(12)3-5/h2-8H,9-10H2,1H3,(H,21,23);2-3H,4H2,1H3,(H,13,14). The van der Waals surface area contributed by atoms with Crippen LogP contribution in [0.5, 0.6) is 0 Å². The third-order valence-electron chi connectivity index (χ3n) is 5.31. The first-order valence-corrected chi connectivity index (χ1v) is 11.6. The van der Waals surface area contributed by atoms with Crippen LogP contribution in [-0.2, 0) is 31.9 Å². The molecular formula is C28H23F4NO8. The number of carbonyl (C=O) groups excluding carboxylic acids is 4. The van der Waals surface area contributed by atoms with Gasteiger partial charge in [-0.25, -0.2) is 27.2 Å². The first-order chi connectivity index (χ1) is 19.4. The zero-order valence-electron chi connectivity index (χ0n) is 21.6. The minimum Gasteiger partial charge on any atom is -0.481 e. The van der Waals surface area contributed by atoms with Crippen LogP contribution in [0.4, 0.5) is 17.6 Å². The summed E-state index contributed by atoms with van der Waals surface area (Å²) in [5.74, 6) is -8.38. The Hall–Kier alpha value is -5.07. The lowest BCUT2D eigenvalue weighted by molar-refractivity contribution is -0.136. The monoisotopic (exact) mass is 577 g/mol. The van der Waals surface area contributed by atoms with Gasteiger partial charge in [-0.15, -0.1) is 0 Å². The third kappa shape index (κ3) is 9.27. The molecule has 1 amide bonds. The van der Waals surface area contributed by atoms with Crippen molar-refractivity contribution in [3.8, 4) is 0 Å². The largest absolute Gasteiger partial charge is 0.481 e. The van der Waals surface area contributed by atoms with E-state index in [1.54, 1.807) is 30.3 Å². The van der Waals surface area contributed by atoms with Gasteiger partial charge in [0.1, 0.15) is 23.3 Å². The predicted molar refractivity (Wildman–Crippen MR) is 134 cm³/mol. The lowest BCUT2D eigenvalue weighted by Crippen LogP contribution is -2.30. The van der Waals surface area contributed by atoms with Crippen molar-refractivity contribution in [2.24, 2.45) is 0 Å². The van der Waals surface area contributed by atoms with Crippen molar-refractivity contribution in [2.75, 3.05) is 20.8 Å². The average molecular weight is 577 g/mol. The fourth-order valence-electron chi connectivity index (χ4n) is 3.30. The molecule has 0 aromatic heterocycles. The number of carbonyl (C=O) groups is 5. The Labute approximate surface area is 230 Å². The van der Waals surface area contributed by atoms with Crippen molar-refractivity contribution in [3.05, 3.63) is 106 Å². The molecular weight excluding hydrogens is 554 g/mol. The highest BCUT2D eigenvalue weighted by atomic mass is 19.1. The number of methoxy groups -OCH3 is 2. The molecule has 0 aliphatic heterocycles. The summed E-state index contributed by atoms with van der Waals surface area (Å²) >= 11 is 0. The molecule has 0 heterocycles. The van der Waals surface area contributed by atoms with Crippen LogP contribution in [0, 0.1) is 23.3 Å². The van der Waals surface area contributed by atoms with Crippen LogP contribution in [0.3, 0.4) is 0 Å². The fourth-order valence-corrected chi connectivity index (χ4v) is 3.30. The Morgan fingerprint density at radius 3 is 1.49 bits per heavy atom. The third-order valence-corrected chi connectivity index (χ3v) is 5.31. The van der Waals surface area contributed by atoms with Gasteiger partial charge in [-0.05, 0) is 36.4 Å². The Balaban J connectivity index is 0.000000317. The van der Waals surface area contributed by atoms with Crippen LogP contribution in [0.15, 0.2) is 54.6 Å². The Kier molecular flexibility index (Phi) is 11.7. The van der Waals surface area contributed by atoms with Crippen molar-refractivity contribution in [1.29, 1.82) is 0 Å². The SMILES string of the molecule is COC(=O)c1cc(F)c(CC(=O)CNC(=O)c2ccccc2)c(F)c1.COC(=O)c1cc(F)c(CC(=O)O)c(F)c1. The van der Waals surface area contributed by atoms with E-state index in [4.69, 9.17) is 5.11 Å². The second-order valence-corrected chi connectivity index (χ2v) is 8.15. The van der Waals surface area contributed by atoms with E-state index in [0.717, 1.165) is 38.5 Å². The number of aliphatic carboxylic acids is 1. The first kappa shape index (κ1) is 32.1. The summed E-state index contributed by atoms with van der Waals surface area (Å²) in [5.41, 5.74) is -1.26. The molecule has 0 atom stereocenters. The molecule has 2 N–H and O–H groups in total. The number of hydrogen-bond acceptors (Lipinski definition) is 7. The number of nitrogens with one attached hydrogen (secondary N) is 1. The maximum atomic E-state index is 13.9. The molecule has 3 rings (SSSR count). The molecule has 0 aliphatic carbocycles. The summed E-state index contributed by atoms with van der Waals surface area (Å²) in [5, 5.41) is 10.8. The second kappa shape index (κ2) is 14.9. The predicted octanol–water partition coefficient (Wildman–Crippen LogP) is 3.67. The van der Waals surface area contributed by atoms with Crippen molar-refractivity contribution < 1.29 is 56.1 Å². The normalized spacial score (nSPS) is 10.1. The molecule has 41 heavy (non-hydrogen) atoms. The van der Waals surface area contributed by atoms with E-state index in [1.807, 2.05) is 0 Å². The van der Waals surface area contributed by atoms with E-state index < -0.39 is 76.8 Å². The molecule has 0 unspecified atom stereocenters. The Bertz CT molecular complexity index is 1410. The molecule has 0 fully saturated rings. The van der Waals surface area contributed by atoms with Gasteiger partial charge in [0.15, 0.2) is 5.78 Å². The number of rotatable bonds is 9. The number of hydrogen-bond donors (Lipinski definition) is 2. The average Bonchev–Trinajstić information content (AvgIpc) is 2.95. The smallest absolute Gasteiger partial charge is 0.338 e. The summed E-state index contributed by atoms with van der Waals surface area (Å²) < 4.78 is 63.1. The second-order valence-electron chi connectivity index (χ2n) is 8.15. The van der Waals surface area contributed by atoms with Gasteiger partial charge in [0, 0.05) is 23.1 Å². The van der Waals surface area contributed by atoms with Gasteiger partial charge in [-0.3, -0.25) is 14.4 Å². The molecule has 216 valence electrons. The topological polar surface area (TPSA) is 136 Å². The van der Waals surface area contributed by atoms with Crippen LogP contribution in [0.2, 0.25) is 0 Å². The summed E-state index contributed by atoms with van der Waals surface area (Å²) in [7, 11) is 2.16. The van der Waals surface area contributed by atoms with Gasteiger partial charge in [-0.1, -0.05) is 18.2 Å². The first-order valence-electron chi connectivity index (χ1n) is 11.6. The van der Waals surface area contributed by atoms with Crippen LogP contribution < -0.4 is 5.32 Å². The van der Waals surface area contributed by atoms with E-state index in [0.29, 0.717) is 5.56 Å². The molecule has 0 aliphatic rings. The van der Waals surface area contributed by atoms with E-state index in [-0.39, 0.29) is 17.7 Å². The molecule has 3 aromatic carbocycles.